The first-order chi connectivity index (χ1) is 16.1. The Bertz CT molecular complexity index is 1740. The maximum absolute atomic E-state index is 11.3. The van der Waals surface area contributed by atoms with Crippen LogP contribution in [0.5, 0.6) is 0 Å². The van der Waals surface area contributed by atoms with E-state index in [4.69, 9.17) is 9.97 Å². The highest BCUT2D eigenvalue weighted by Gasteiger charge is 2.11. The number of H-pyrrole nitrogens is 2. The number of halogens is 1. The summed E-state index contributed by atoms with van der Waals surface area (Å²) in [7, 11) is -2.20. The number of allylic oxidation sites excluding steroid dienone is 4. The molecule has 0 fully saturated rings. The van der Waals surface area contributed by atoms with Crippen molar-refractivity contribution in [3.63, 3.8) is 0 Å². The molecular weight excluding hydrogens is 468 g/mol. The van der Waals surface area contributed by atoms with Crippen molar-refractivity contribution in [2.45, 2.75) is 6.42 Å². The largest absolute Gasteiger partial charge is 0.355 e. The van der Waals surface area contributed by atoms with Crippen LogP contribution in [0.2, 0.25) is 0 Å². The summed E-state index contributed by atoms with van der Waals surface area (Å²) in [5, 5.41) is 0. The summed E-state index contributed by atoms with van der Waals surface area (Å²) < 4.78 is 22.6. The molecule has 2 N–H and O–H groups in total. The summed E-state index contributed by atoms with van der Waals surface area (Å²) in [5.74, 6) is 0. The molecule has 6 nitrogen and oxygen atoms in total. The Hall–Kier alpha value is -3.94. The lowest BCUT2D eigenvalue weighted by Gasteiger charge is -2.05. The monoisotopic (exact) mass is 486 g/mol. The number of aromatic amines is 2. The van der Waals surface area contributed by atoms with Gasteiger partial charge >= 0.3 is 0 Å². The SMILES string of the molecule is Cl.O=S(=O)=C1C=CC(c2cc3cc4nc(cc5ccc(cc6nc(cc2[nH]3)C=C6)[nH]5)C=C4)=CC1. The lowest BCUT2D eigenvalue weighted by molar-refractivity contribution is 0.627. The van der Waals surface area contributed by atoms with Crippen molar-refractivity contribution in [1.82, 2.24) is 19.9 Å². The van der Waals surface area contributed by atoms with Crippen LogP contribution in [0.1, 0.15) is 34.8 Å². The molecule has 3 aromatic heterocycles. The molecule has 8 bridgehead atoms. The quantitative estimate of drug-likeness (QED) is 0.307. The molecule has 34 heavy (non-hydrogen) atoms. The Kier molecular flexibility index (Phi) is 5.65. The average molecular weight is 487 g/mol. The number of nitrogens with zero attached hydrogens (tertiary/aromatic N) is 2. The van der Waals surface area contributed by atoms with Crippen molar-refractivity contribution in [3.8, 4) is 0 Å². The van der Waals surface area contributed by atoms with Crippen molar-refractivity contribution in [2.24, 2.45) is 0 Å². The fourth-order valence-electron chi connectivity index (χ4n) is 4.11. The molecule has 2 aliphatic heterocycles. The zero-order chi connectivity index (χ0) is 22.4. The van der Waals surface area contributed by atoms with Gasteiger partial charge in [0, 0.05) is 34.1 Å². The predicted octanol–water partition coefficient (Wildman–Crippen LogP) is 5.47. The van der Waals surface area contributed by atoms with Gasteiger partial charge in [-0.05, 0) is 78.4 Å². The van der Waals surface area contributed by atoms with Gasteiger partial charge < -0.3 is 9.97 Å². The van der Waals surface area contributed by atoms with Crippen LogP contribution in [0.15, 0.2) is 60.7 Å². The first kappa shape index (κ1) is 21.9. The Balaban J connectivity index is 0.00000241. The van der Waals surface area contributed by atoms with Gasteiger partial charge in [-0.2, -0.15) is 8.42 Å². The van der Waals surface area contributed by atoms with Crippen molar-refractivity contribution in [1.29, 1.82) is 0 Å². The minimum absolute atomic E-state index is 0. The molecule has 5 heterocycles. The molecule has 168 valence electrons. The van der Waals surface area contributed by atoms with Crippen LogP contribution in [-0.4, -0.2) is 33.2 Å². The van der Waals surface area contributed by atoms with Crippen molar-refractivity contribution in [3.05, 3.63) is 89.0 Å². The lowest BCUT2D eigenvalue weighted by Crippen LogP contribution is -1.98. The van der Waals surface area contributed by atoms with Gasteiger partial charge in [-0.25, -0.2) is 9.97 Å². The molecule has 3 aliphatic rings. The molecule has 0 saturated heterocycles. The second kappa shape index (κ2) is 8.78. The maximum atomic E-state index is 11.3. The standard InChI is InChI=1S/C26H18N4O2S.ClH/c31-33(32)24-9-1-16(2-10-24)25-14-23-13-21-6-5-19(28-21)11-17-3-4-18(27-17)12-20-7-8-22(29-20)15-26(25)30-23;/h1-9,11-15,27,30H,10H2;1H. The van der Waals surface area contributed by atoms with Gasteiger partial charge in [0.15, 0.2) is 0 Å². The van der Waals surface area contributed by atoms with E-state index in [1.165, 1.54) is 0 Å². The minimum atomic E-state index is -2.20. The van der Waals surface area contributed by atoms with Crippen molar-refractivity contribution >= 4 is 79.5 Å². The van der Waals surface area contributed by atoms with Gasteiger partial charge in [0.25, 0.3) is 0 Å². The minimum Gasteiger partial charge on any atom is -0.355 e. The van der Waals surface area contributed by atoms with E-state index >= 15 is 0 Å². The molecule has 0 unspecified atom stereocenters. The molecule has 0 radical (unpaired) electrons. The fourth-order valence-corrected chi connectivity index (χ4v) is 4.51. The van der Waals surface area contributed by atoms with Gasteiger partial charge in [-0.15, -0.1) is 12.4 Å². The number of fused-ring (bicyclic) bond motifs is 8. The van der Waals surface area contributed by atoms with Crippen LogP contribution in [0.4, 0.5) is 0 Å². The van der Waals surface area contributed by atoms with Crippen LogP contribution >= 0.6 is 12.4 Å². The van der Waals surface area contributed by atoms with Gasteiger partial charge in [0.05, 0.1) is 27.6 Å². The Morgan fingerprint density at radius 1 is 0.676 bits per heavy atom. The Labute approximate surface area is 203 Å². The number of hydrogen-bond donors (Lipinski definition) is 2. The molecule has 0 atom stereocenters. The maximum Gasteiger partial charge on any atom is 0.217 e. The van der Waals surface area contributed by atoms with Crippen molar-refractivity contribution in [2.75, 3.05) is 0 Å². The van der Waals surface area contributed by atoms with E-state index in [1.54, 1.807) is 6.08 Å². The van der Waals surface area contributed by atoms with E-state index < -0.39 is 10.3 Å². The zero-order valence-electron chi connectivity index (χ0n) is 17.8. The van der Waals surface area contributed by atoms with Crippen molar-refractivity contribution < 1.29 is 8.42 Å². The predicted molar refractivity (Wildman–Crippen MR) is 142 cm³/mol. The van der Waals surface area contributed by atoms with E-state index in [-0.39, 0.29) is 12.4 Å². The lowest BCUT2D eigenvalue weighted by atomic mass is 10.0. The summed E-state index contributed by atoms with van der Waals surface area (Å²) in [6, 6.07) is 14.1. The van der Waals surface area contributed by atoms with E-state index in [1.807, 2.05) is 72.9 Å². The third kappa shape index (κ3) is 4.31. The fraction of sp³-hybridized carbons (Fsp3) is 0.0385. The summed E-state index contributed by atoms with van der Waals surface area (Å²) in [6.07, 6.45) is 13.8. The van der Waals surface area contributed by atoms with Crippen LogP contribution in [0.25, 0.3) is 51.9 Å². The van der Waals surface area contributed by atoms with Crippen LogP contribution in [-0.2, 0) is 10.3 Å². The summed E-state index contributed by atoms with van der Waals surface area (Å²) >= 11 is 0. The normalized spacial score (nSPS) is 14.1. The third-order valence-corrected chi connectivity index (χ3v) is 6.40. The van der Waals surface area contributed by atoms with E-state index in [0.29, 0.717) is 11.3 Å². The van der Waals surface area contributed by atoms with Crippen LogP contribution in [0, 0.1) is 0 Å². The highest BCUT2D eigenvalue weighted by atomic mass is 35.5. The highest BCUT2D eigenvalue weighted by molar-refractivity contribution is 7.73. The molecule has 8 heteroatoms. The molecule has 0 spiro atoms. The second-order valence-electron chi connectivity index (χ2n) is 7.99. The number of rotatable bonds is 1. The number of nitrogens with one attached hydrogen (secondary N) is 2. The second-order valence-corrected chi connectivity index (χ2v) is 8.98. The van der Waals surface area contributed by atoms with Gasteiger partial charge in [0.1, 0.15) is 0 Å². The van der Waals surface area contributed by atoms with E-state index in [0.717, 1.165) is 56.0 Å². The van der Waals surface area contributed by atoms with Gasteiger partial charge in [-0.3, -0.25) is 0 Å². The molecule has 3 aromatic rings. The zero-order valence-corrected chi connectivity index (χ0v) is 19.5. The Morgan fingerprint density at radius 2 is 1.26 bits per heavy atom. The third-order valence-electron chi connectivity index (χ3n) is 5.67. The molecule has 0 aromatic carbocycles. The molecule has 0 saturated carbocycles. The van der Waals surface area contributed by atoms with Gasteiger partial charge in [-0.1, -0.05) is 12.2 Å². The molecular formula is C26H19ClN4O2S. The van der Waals surface area contributed by atoms with E-state index in [9.17, 15) is 8.42 Å². The van der Waals surface area contributed by atoms with Crippen LogP contribution in [0.3, 0.4) is 0 Å². The molecule has 0 amide bonds. The summed E-state index contributed by atoms with van der Waals surface area (Å²) in [6.45, 7) is 0. The first-order valence-electron chi connectivity index (χ1n) is 10.5. The number of hydrogen-bond acceptors (Lipinski definition) is 4. The first-order valence-corrected chi connectivity index (χ1v) is 11.6. The molecule has 6 rings (SSSR count). The highest BCUT2D eigenvalue weighted by Crippen LogP contribution is 2.27. The summed E-state index contributed by atoms with van der Waals surface area (Å²) in [5.41, 5.74) is 9.14. The van der Waals surface area contributed by atoms with Crippen LogP contribution < -0.4 is 0 Å². The van der Waals surface area contributed by atoms with E-state index in [2.05, 4.69) is 16.0 Å². The smallest absolute Gasteiger partial charge is 0.217 e. The average Bonchev–Trinajstić information content (AvgIpc) is 3.59. The summed E-state index contributed by atoms with van der Waals surface area (Å²) in [4.78, 5) is 16.7. The topological polar surface area (TPSA) is 91.5 Å². The number of aromatic nitrogens is 4. The van der Waals surface area contributed by atoms with Gasteiger partial charge in [0.2, 0.25) is 10.3 Å². The Morgan fingerprint density at radius 3 is 1.82 bits per heavy atom. The molecule has 1 aliphatic carbocycles.